The number of hydrogen-bond donors (Lipinski definition) is 0. The van der Waals surface area contributed by atoms with Crippen LogP contribution in [0.2, 0.25) is 0 Å². The van der Waals surface area contributed by atoms with E-state index in [0.717, 1.165) is 23.4 Å². The van der Waals surface area contributed by atoms with Crippen LogP contribution >= 0.6 is 0 Å². The number of non-ortho nitro benzene ring substituents is 1. The third-order valence-corrected chi connectivity index (χ3v) is 4.50. The minimum absolute atomic E-state index is 0.110. The van der Waals surface area contributed by atoms with Gasteiger partial charge >= 0.3 is 0 Å². The second-order valence-corrected chi connectivity index (χ2v) is 6.08. The van der Waals surface area contributed by atoms with Gasteiger partial charge in [-0.1, -0.05) is 6.07 Å². The molecule has 2 aromatic carbocycles. The number of ether oxygens (including phenoxy) is 1. The van der Waals surface area contributed by atoms with E-state index in [1.807, 2.05) is 18.2 Å². The summed E-state index contributed by atoms with van der Waals surface area (Å²) in [5.41, 5.74) is 2.62. The van der Waals surface area contributed by atoms with Crippen molar-refractivity contribution in [3.63, 3.8) is 0 Å². The maximum Gasteiger partial charge on any atom is 0.270 e. The fourth-order valence-corrected chi connectivity index (χ4v) is 3.12. The number of imidazole rings is 1. The summed E-state index contributed by atoms with van der Waals surface area (Å²) in [5, 5.41) is 10.9. The van der Waals surface area contributed by atoms with Crippen molar-refractivity contribution in [2.24, 2.45) is 0 Å². The molecule has 4 rings (SSSR count). The molecule has 0 spiro atoms. The molecule has 132 valence electrons. The lowest BCUT2D eigenvalue weighted by molar-refractivity contribution is -0.384. The van der Waals surface area contributed by atoms with Crippen LogP contribution in [-0.4, -0.2) is 34.0 Å². The summed E-state index contributed by atoms with van der Waals surface area (Å²) in [7, 11) is 1.64. The number of nitro benzene ring substituents is 1. The fourth-order valence-electron chi connectivity index (χ4n) is 3.12. The second-order valence-electron chi connectivity index (χ2n) is 6.08. The van der Waals surface area contributed by atoms with E-state index in [1.54, 1.807) is 13.1 Å². The number of carbonyl (C=O) groups excluding carboxylic acids is 1. The predicted octanol–water partition coefficient (Wildman–Crippen LogP) is 2.75. The van der Waals surface area contributed by atoms with Gasteiger partial charge in [0, 0.05) is 37.0 Å². The summed E-state index contributed by atoms with van der Waals surface area (Å²) in [6, 6.07) is 11.3. The molecular formula is C18H16N4O4. The summed E-state index contributed by atoms with van der Waals surface area (Å²) in [4.78, 5) is 29.2. The van der Waals surface area contributed by atoms with E-state index in [9.17, 15) is 14.9 Å². The van der Waals surface area contributed by atoms with Gasteiger partial charge in [-0.2, -0.15) is 0 Å². The second kappa shape index (κ2) is 6.23. The van der Waals surface area contributed by atoms with Gasteiger partial charge in [-0.25, -0.2) is 4.98 Å². The topological polar surface area (TPSA) is 90.5 Å². The predicted molar refractivity (Wildman–Crippen MR) is 95.2 cm³/mol. The summed E-state index contributed by atoms with van der Waals surface area (Å²) in [6.45, 7) is 1.89. The van der Waals surface area contributed by atoms with Gasteiger partial charge in [0.05, 0.1) is 22.6 Å². The van der Waals surface area contributed by atoms with Gasteiger partial charge in [-0.05, 0) is 24.3 Å². The highest BCUT2D eigenvalue weighted by molar-refractivity contribution is 6.06. The van der Waals surface area contributed by atoms with E-state index in [2.05, 4.69) is 9.55 Å². The summed E-state index contributed by atoms with van der Waals surface area (Å²) in [6.07, 6.45) is 0. The zero-order chi connectivity index (χ0) is 18.3. The van der Waals surface area contributed by atoms with Crippen molar-refractivity contribution < 1.29 is 14.5 Å². The Bertz CT molecular complexity index is 1030. The monoisotopic (exact) mass is 352 g/mol. The van der Waals surface area contributed by atoms with E-state index >= 15 is 0 Å². The number of carbonyl (C=O) groups is 1. The number of fused-ring (bicyclic) bond motifs is 3. The Morgan fingerprint density at radius 2 is 2.15 bits per heavy atom. The third-order valence-electron chi connectivity index (χ3n) is 4.50. The molecule has 0 radical (unpaired) electrons. The molecule has 0 N–H and O–H groups in total. The van der Waals surface area contributed by atoms with Crippen molar-refractivity contribution in [3.8, 4) is 0 Å². The third kappa shape index (κ3) is 2.70. The molecule has 8 heteroatoms. The smallest absolute Gasteiger partial charge is 0.270 e. The molecule has 0 saturated carbocycles. The molecule has 1 aromatic heterocycles. The minimum atomic E-state index is -0.513. The number of nitrogens with zero attached hydrogens (tertiary/aromatic N) is 4. The quantitative estimate of drug-likeness (QED) is 0.534. The fraction of sp³-hybridized carbons (Fsp3) is 0.222. The van der Waals surface area contributed by atoms with Gasteiger partial charge in [0.15, 0.2) is 0 Å². The van der Waals surface area contributed by atoms with Gasteiger partial charge < -0.3 is 14.2 Å². The molecule has 1 aliphatic heterocycles. The Morgan fingerprint density at radius 1 is 1.31 bits per heavy atom. The molecule has 2 heterocycles. The van der Waals surface area contributed by atoms with Gasteiger partial charge in [0.1, 0.15) is 12.4 Å². The number of anilines is 1. The molecule has 0 bridgehead atoms. The standard InChI is InChI=1S/C18H16N4O4/c1-20(18(23)12-3-2-4-14(9-12)22(24)25)13-5-6-16-15(10-13)19-17-11-26-8-7-21(16)17/h2-6,9-10H,7-8,11H2,1H3. The Morgan fingerprint density at radius 3 is 2.96 bits per heavy atom. The van der Waals surface area contributed by atoms with Crippen molar-refractivity contribution in [2.75, 3.05) is 18.6 Å². The Kier molecular flexibility index (Phi) is 3.89. The normalized spacial score (nSPS) is 13.4. The van der Waals surface area contributed by atoms with Crippen molar-refractivity contribution in [1.82, 2.24) is 9.55 Å². The first kappa shape index (κ1) is 16.2. The number of aromatic nitrogens is 2. The van der Waals surface area contributed by atoms with Crippen LogP contribution in [0.25, 0.3) is 11.0 Å². The molecule has 0 aliphatic carbocycles. The average molecular weight is 352 g/mol. The lowest BCUT2D eigenvalue weighted by atomic mass is 10.1. The van der Waals surface area contributed by atoms with E-state index in [1.165, 1.54) is 23.1 Å². The molecular weight excluding hydrogens is 336 g/mol. The molecule has 3 aromatic rings. The van der Waals surface area contributed by atoms with Gasteiger partial charge in [-0.15, -0.1) is 0 Å². The summed E-state index contributed by atoms with van der Waals surface area (Å²) >= 11 is 0. The highest BCUT2D eigenvalue weighted by Gasteiger charge is 2.19. The molecule has 8 nitrogen and oxygen atoms in total. The molecule has 0 fully saturated rings. The van der Waals surface area contributed by atoms with Crippen LogP contribution in [0.3, 0.4) is 0 Å². The van der Waals surface area contributed by atoms with Crippen LogP contribution in [0.15, 0.2) is 42.5 Å². The zero-order valence-corrected chi connectivity index (χ0v) is 14.1. The van der Waals surface area contributed by atoms with Crippen LogP contribution in [0.5, 0.6) is 0 Å². The average Bonchev–Trinajstić information content (AvgIpc) is 3.04. The molecule has 0 saturated heterocycles. The highest BCUT2D eigenvalue weighted by atomic mass is 16.6. The largest absolute Gasteiger partial charge is 0.372 e. The Labute approximate surface area is 148 Å². The minimum Gasteiger partial charge on any atom is -0.372 e. The SMILES string of the molecule is CN(C(=O)c1cccc([N+](=O)[O-])c1)c1ccc2c(c1)nc1n2CCOC1. The molecule has 0 atom stereocenters. The Hall–Kier alpha value is -3.26. The zero-order valence-electron chi connectivity index (χ0n) is 14.1. The van der Waals surface area contributed by atoms with Crippen LogP contribution in [-0.2, 0) is 17.9 Å². The Balaban J connectivity index is 1.67. The summed E-state index contributed by atoms with van der Waals surface area (Å²) < 4.78 is 7.54. The van der Waals surface area contributed by atoms with Crippen LogP contribution in [0.1, 0.15) is 16.2 Å². The van der Waals surface area contributed by atoms with E-state index in [0.29, 0.717) is 18.9 Å². The van der Waals surface area contributed by atoms with Crippen LogP contribution in [0, 0.1) is 10.1 Å². The van der Waals surface area contributed by atoms with E-state index in [4.69, 9.17) is 4.74 Å². The lowest BCUT2D eigenvalue weighted by Gasteiger charge is -2.18. The number of benzene rings is 2. The summed E-state index contributed by atoms with van der Waals surface area (Å²) in [5.74, 6) is 0.552. The highest BCUT2D eigenvalue weighted by Crippen LogP contribution is 2.25. The van der Waals surface area contributed by atoms with Gasteiger partial charge in [0.2, 0.25) is 0 Å². The van der Waals surface area contributed by atoms with E-state index < -0.39 is 4.92 Å². The first-order valence-corrected chi connectivity index (χ1v) is 8.14. The van der Waals surface area contributed by atoms with Gasteiger partial charge in [-0.3, -0.25) is 14.9 Å². The van der Waals surface area contributed by atoms with Crippen LogP contribution < -0.4 is 4.90 Å². The maximum absolute atomic E-state index is 12.7. The van der Waals surface area contributed by atoms with Crippen LogP contribution in [0.4, 0.5) is 11.4 Å². The molecule has 26 heavy (non-hydrogen) atoms. The van der Waals surface area contributed by atoms with Crippen molar-refractivity contribution in [3.05, 3.63) is 64.0 Å². The first-order chi connectivity index (χ1) is 12.5. The maximum atomic E-state index is 12.7. The lowest BCUT2D eigenvalue weighted by Crippen LogP contribution is -2.26. The number of rotatable bonds is 3. The number of amides is 1. The van der Waals surface area contributed by atoms with Gasteiger partial charge in [0.25, 0.3) is 11.6 Å². The van der Waals surface area contributed by atoms with E-state index in [-0.39, 0.29) is 17.2 Å². The number of nitro groups is 1. The molecule has 1 amide bonds. The van der Waals surface area contributed by atoms with Crippen molar-refractivity contribution >= 4 is 28.3 Å². The molecule has 0 unspecified atom stereocenters. The number of hydrogen-bond acceptors (Lipinski definition) is 5. The first-order valence-electron chi connectivity index (χ1n) is 8.14. The van der Waals surface area contributed by atoms with Crippen molar-refractivity contribution in [2.45, 2.75) is 13.2 Å². The van der Waals surface area contributed by atoms with Crippen molar-refractivity contribution in [1.29, 1.82) is 0 Å². The molecule has 1 aliphatic rings.